The van der Waals surface area contributed by atoms with Crippen LogP contribution in [0, 0.1) is 0 Å². The number of rotatable bonds is 0. The maximum atomic E-state index is 3.39. The first kappa shape index (κ1) is 10.8. The lowest BCUT2D eigenvalue weighted by Gasteiger charge is -2.20. The summed E-state index contributed by atoms with van der Waals surface area (Å²) in [7, 11) is 0. The predicted molar refractivity (Wildman–Crippen MR) is 63.5 cm³/mol. The second-order valence-electron chi connectivity index (χ2n) is 3.36. The van der Waals surface area contributed by atoms with Crippen LogP contribution in [0.1, 0.15) is 33.3 Å². The maximum Gasteiger partial charge on any atom is 0.0417 e. The number of para-hydroxylation sites is 1. The van der Waals surface area contributed by atoms with Gasteiger partial charge in [-0.3, -0.25) is 0 Å². The number of anilines is 1. The van der Waals surface area contributed by atoms with Gasteiger partial charge in [0.05, 0.1) is 0 Å². The Kier molecular flexibility index (Phi) is 3.75. The zero-order chi connectivity index (χ0) is 10.6. The molecule has 0 aromatic heterocycles. The molecule has 1 aliphatic rings. The highest BCUT2D eigenvalue weighted by molar-refractivity contribution is 5.59. The standard InChI is InChI=1S/C11H13N.C2H6/c1-8-7-10-5-3-4-6-11(10)12-9(8)2;1-2/h3-6,12H,7H2,1-2H3;1-2H3. The molecule has 0 saturated carbocycles. The minimum Gasteiger partial charge on any atom is -0.359 e. The van der Waals surface area contributed by atoms with E-state index in [1.807, 2.05) is 13.8 Å². The van der Waals surface area contributed by atoms with E-state index in [-0.39, 0.29) is 0 Å². The van der Waals surface area contributed by atoms with Crippen molar-refractivity contribution in [2.24, 2.45) is 0 Å². The largest absolute Gasteiger partial charge is 0.359 e. The van der Waals surface area contributed by atoms with Crippen LogP contribution >= 0.6 is 0 Å². The summed E-state index contributed by atoms with van der Waals surface area (Å²) >= 11 is 0. The summed E-state index contributed by atoms with van der Waals surface area (Å²) in [6.45, 7) is 8.31. The van der Waals surface area contributed by atoms with E-state index in [4.69, 9.17) is 0 Å². The highest BCUT2D eigenvalue weighted by Gasteiger charge is 2.09. The molecule has 0 atom stereocenters. The number of hydrogen-bond donors (Lipinski definition) is 1. The molecular formula is C13H19N. The normalized spacial score (nSPS) is 13.7. The third-order valence-corrected chi connectivity index (χ3v) is 2.44. The van der Waals surface area contributed by atoms with Crippen LogP contribution in [0.4, 0.5) is 5.69 Å². The summed E-state index contributed by atoms with van der Waals surface area (Å²) in [5.74, 6) is 0. The van der Waals surface area contributed by atoms with E-state index in [2.05, 4.69) is 43.4 Å². The lowest BCUT2D eigenvalue weighted by Crippen LogP contribution is -2.08. The molecule has 1 heterocycles. The highest BCUT2D eigenvalue weighted by Crippen LogP contribution is 2.26. The fraction of sp³-hybridized carbons (Fsp3) is 0.385. The minimum absolute atomic E-state index is 1.09. The summed E-state index contributed by atoms with van der Waals surface area (Å²) in [6, 6.07) is 8.47. The lowest BCUT2D eigenvalue weighted by molar-refractivity contribution is 1.05. The van der Waals surface area contributed by atoms with Crippen LogP contribution in [0.15, 0.2) is 35.5 Å². The fourth-order valence-corrected chi connectivity index (χ4v) is 1.52. The van der Waals surface area contributed by atoms with Crippen LogP contribution < -0.4 is 5.32 Å². The first-order valence-electron chi connectivity index (χ1n) is 5.28. The van der Waals surface area contributed by atoms with Gasteiger partial charge in [-0.15, -0.1) is 0 Å². The molecule has 14 heavy (non-hydrogen) atoms. The van der Waals surface area contributed by atoms with Crippen molar-refractivity contribution < 1.29 is 0 Å². The van der Waals surface area contributed by atoms with Gasteiger partial charge < -0.3 is 5.32 Å². The van der Waals surface area contributed by atoms with Gasteiger partial charge in [-0.25, -0.2) is 0 Å². The van der Waals surface area contributed by atoms with E-state index in [0.29, 0.717) is 0 Å². The van der Waals surface area contributed by atoms with E-state index in [0.717, 1.165) is 6.42 Å². The Labute approximate surface area is 86.8 Å². The van der Waals surface area contributed by atoms with Crippen molar-refractivity contribution in [1.82, 2.24) is 0 Å². The fourth-order valence-electron chi connectivity index (χ4n) is 1.52. The molecule has 1 nitrogen and oxygen atoms in total. The summed E-state index contributed by atoms with van der Waals surface area (Å²) in [5, 5.41) is 3.39. The third-order valence-electron chi connectivity index (χ3n) is 2.44. The Bertz CT molecular complexity index is 304. The van der Waals surface area contributed by atoms with Gasteiger partial charge in [0.15, 0.2) is 0 Å². The lowest BCUT2D eigenvalue weighted by atomic mass is 9.99. The van der Waals surface area contributed by atoms with Gasteiger partial charge in [-0.05, 0) is 37.5 Å². The summed E-state index contributed by atoms with van der Waals surface area (Å²) < 4.78 is 0. The Hall–Kier alpha value is -1.24. The van der Waals surface area contributed by atoms with Crippen LogP contribution in [0.5, 0.6) is 0 Å². The van der Waals surface area contributed by atoms with Gasteiger partial charge in [0.2, 0.25) is 0 Å². The van der Waals surface area contributed by atoms with Gasteiger partial charge >= 0.3 is 0 Å². The maximum absolute atomic E-state index is 3.39. The number of hydrogen-bond acceptors (Lipinski definition) is 1. The molecule has 0 fully saturated rings. The molecule has 76 valence electrons. The van der Waals surface area contributed by atoms with Gasteiger partial charge in [-0.2, -0.15) is 0 Å². The quantitative estimate of drug-likeness (QED) is 0.651. The topological polar surface area (TPSA) is 12.0 Å². The van der Waals surface area contributed by atoms with Crippen LogP contribution in [0.2, 0.25) is 0 Å². The molecule has 1 aliphatic heterocycles. The molecule has 0 amide bonds. The molecule has 0 spiro atoms. The molecule has 1 heteroatoms. The molecule has 1 N–H and O–H groups in total. The van der Waals surface area contributed by atoms with Crippen LogP contribution in [-0.2, 0) is 6.42 Å². The molecule has 1 aromatic carbocycles. The summed E-state index contributed by atoms with van der Waals surface area (Å²) in [4.78, 5) is 0. The molecular weight excluding hydrogens is 170 g/mol. The van der Waals surface area contributed by atoms with Gasteiger partial charge in [-0.1, -0.05) is 32.0 Å². The predicted octanol–water partition coefficient (Wildman–Crippen LogP) is 3.97. The Morgan fingerprint density at radius 1 is 1.07 bits per heavy atom. The Morgan fingerprint density at radius 2 is 1.71 bits per heavy atom. The molecule has 0 bridgehead atoms. The van der Waals surface area contributed by atoms with Crippen molar-refractivity contribution in [2.45, 2.75) is 34.1 Å². The average Bonchev–Trinajstić information content (AvgIpc) is 2.23. The molecule has 0 radical (unpaired) electrons. The van der Waals surface area contributed by atoms with Gasteiger partial charge in [0, 0.05) is 11.4 Å². The van der Waals surface area contributed by atoms with Crippen LogP contribution in [0.3, 0.4) is 0 Å². The zero-order valence-corrected chi connectivity index (χ0v) is 9.52. The Morgan fingerprint density at radius 3 is 2.43 bits per heavy atom. The minimum atomic E-state index is 1.09. The van der Waals surface area contributed by atoms with Crippen molar-refractivity contribution >= 4 is 5.69 Å². The zero-order valence-electron chi connectivity index (χ0n) is 9.52. The van der Waals surface area contributed by atoms with Gasteiger partial charge in [0.1, 0.15) is 0 Å². The monoisotopic (exact) mass is 189 g/mol. The molecule has 0 saturated heterocycles. The second kappa shape index (κ2) is 4.85. The van der Waals surface area contributed by atoms with E-state index >= 15 is 0 Å². The second-order valence-corrected chi connectivity index (χ2v) is 3.36. The first-order chi connectivity index (χ1) is 6.77. The van der Waals surface area contributed by atoms with Crippen molar-refractivity contribution in [3.8, 4) is 0 Å². The molecule has 0 aliphatic carbocycles. The number of nitrogens with one attached hydrogen (secondary N) is 1. The van der Waals surface area contributed by atoms with E-state index in [1.54, 1.807) is 0 Å². The highest BCUT2D eigenvalue weighted by atomic mass is 14.9. The Balaban J connectivity index is 0.000000461. The van der Waals surface area contributed by atoms with Crippen molar-refractivity contribution in [1.29, 1.82) is 0 Å². The van der Waals surface area contributed by atoms with Gasteiger partial charge in [0.25, 0.3) is 0 Å². The molecule has 0 unspecified atom stereocenters. The van der Waals surface area contributed by atoms with Crippen molar-refractivity contribution in [3.63, 3.8) is 0 Å². The molecule has 1 aromatic rings. The van der Waals surface area contributed by atoms with E-state index in [9.17, 15) is 0 Å². The molecule has 2 rings (SSSR count). The van der Waals surface area contributed by atoms with Crippen molar-refractivity contribution in [3.05, 3.63) is 41.1 Å². The summed E-state index contributed by atoms with van der Waals surface area (Å²) in [6.07, 6.45) is 1.09. The average molecular weight is 189 g/mol. The van der Waals surface area contributed by atoms with E-state index < -0.39 is 0 Å². The van der Waals surface area contributed by atoms with E-state index in [1.165, 1.54) is 22.5 Å². The number of benzene rings is 1. The number of fused-ring (bicyclic) bond motifs is 1. The van der Waals surface area contributed by atoms with Crippen LogP contribution in [-0.4, -0.2) is 0 Å². The first-order valence-corrected chi connectivity index (χ1v) is 5.28. The number of allylic oxidation sites excluding steroid dienone is 2. The smallest absolute Gasteiger partial charge is 0.0417 e. The van der Waals surface area contributed by atoms with Crippen LogP contribution in [0.25, 0.3) is 0 Å². The van der Waals surface area contributed by atoms with Crippen molar-refractivity contribution in [2.75, 3.05) is 5.32 Å². The third kappa shape index (κ3) is 2.16. The SMILES string of the molecule is CC.CC1=C(C)Nc2ccccc2C1. The summed E-state index contributed by atoms with van der Waals surface area (Å²) in [5.41, 5.74) is 5.41.